The number of carbonyl (C=O) groups is 1. The molecule has 7 rings (SSSR count). The van der Waals surface area contributed by atoms with Crippen LogP contribution in [0.4, 0.5) is 15.9 Å². The lowest BCUT2D eigenvalue weighted by atomic mass is 9.99. The Bertz CT molecular complexity index is 2100. The molecule has 2 aliphatic heterocycles. The number of hydrogen-bond donors (Lipinski definition) is 2. The van der Waals surface area contributed by atoms with Crippen LogP contribution >= 0.6 is 0 Å². The molecular weight excluding hydrogens is 655 g/mol. The van der Waals surface area contributed by atoms with Crippen LogP contribution in [0.25, 0.3) is 33.4 Å². The second kappa shape index (κ2) is 15.6. The van der Waals surface area contributed by atoms with Crippen molar-refractivity contribution < 1.29 is 13.9 Å². The number of aryl methyl sites for hydroxylation is 1. The van der Waals surface area contributed by atoms with Gasteiger partial charge < -0.3 is 25.3 Å². The summed E-state index contributed by atoms with van der Waals surface area (Å²) in [6, 6.07) is 22.3. The van der Waals surface area contributed by atoms with Crippen molar-refractivity contribution in [1.29, 1.82) is 0 Å². The van der Waals surface area contributed by atoms with E-state index in [0.717, 1.165) is 61.3 Å². The van der Waals surface area contributed by atoms with E-state index in [2.05, 4.69) is 27.1 Å². The van der Waals surface area contributed by atoms with Crippen molar-refractivity contribution in [1.82, 2.24) is 19.4 Å². The maximum absolute atomic E-state index is 15.3. The summed E-state index contributed by atoms with van der Waals surface area (Å²) in [6.07, 6.45) is 7.05. The number of pyridine rings is 2. The van der Waals surface area contributed by atoms with Crippen molar-refractivity contribution in [2.45, 2.75) is 32.9 Å². The van der Waals surface area contributed by atoms with Gasteiger partial charge in [-0.2, -0.15) is 0 Å². The molecule has 1 amide bonds. The Morgan fingerprint density at radius 3 is 2.27 bits per heavy atom. The minimum Gasteiger partial charge on any atom is -0.383 e. The van der Waals surface area contributed by atoms with E-state index in [1.807, 2.05) is 72.3 Å². The van der Waals surface area contributed by atoms with Gasteiger partial charge in [0.1, 0.15) is 17.2 Å². The van der Waals surface area contributed by atoms with E-state index in [1.54, 1.807) is 30.6 Å². The second-order valence-corrected chi connectivity index (χ2v) is 14.1. The Morgan fingerprint density at radius 1 is 0.885 bits per heavy atom. The molecule has 10 heteroatoms. The zero-order valence-electron chi connectivity index (χ0n) is 29.8. The van der Waals surface area contributed by atoms with Gasteiger partial charge in [0.2, 0.25) is 5.43 Å². The lowest BCUT2D eigenvalue weighted by Crippen LogP contribution is -2.44. The van der Waals surface area contributed by atoms with E-state index in [0.29, 0.717) is 66.0 Å². The van der Waals surface area contributed by atoms with Crippen LogP contribution in [0.5, 0.6) is 0 Å². The predicted octanol–water partition coefficient (Wildman–Crippen LogP) is 6.70. The van der Waals surface area contributed by atoms with Crippen molar-refractivity contribution in [2.24, 2.45) is 5.92 Å². The third-order valence-electron chi connectivity index (χ3n) is 10.2. The van der Waals surface area contributed by atoms with Gasteiger partial charge in [-0.1, -0.05) is 54.1 Å². The number of hydrogen-bond acceptors (Lipinski definition) is 7. The monoisotopic (exact) mass is 700 g/mol. The number of likely N-dealkylation sites (N-methyl/N-ethyl adjacent to an activating group) is 1. The fraction of sp³-hybridized carbons (Fsp3) is 0.310. The smallest absolute Gasteiger partial charge is 0.261 e. The van der Waals surface area contributed by atoms with Gasteiger partial charge in [-0.25, -0.2) is 9.37 Å². The molecule has 0 unspecified atom stereocenters. The van der Waals surface area contributed by atoms with E-state index in [4.69, 9.17) is 10.5 Å². The molecule has 0 aliphatic carbocycles. The average Bonchev–Trinajstić information content (AvgIpc) is 3.15. The summed E-state index contributed by atoms with van der Waals surface area (Å²) >= 11 is 0. The first-order chi connectivity index (χ1) is 25.2. The first-order valence-corrected chi connectivity index (χ1v) is 18.0. The van der Waals surface area contributed by atoms with Crippen LogP contribution in [0.15, 0.2) is 96.2 Å². The molecule has 3 aromatic carbocycles. The van der Waals surface area contributed by atoms with Crippen LogP contribution in [0.3, 0.4) is 0 Å². The number of anilines is 2. The SMILES string of the molecule is Cc1ccc(-c2cn(CC3CCOCC3)cc(C(=O)Nc3ccc(-c4cc(-c5ccc(CN6CCN(C)CC6)c(F)c5)cnc4N)cc3)c2=O)cc1. The number of nitrogen functional groups attached to an aromatic ring is 1. The molecule has 3 N–H and O–H groups in total. The maximum Gasteiger partial charge on any atom is 0.261 e. The van der Waals surface area contributed by atoms with Gasteiger partial charge in [0.05, 0.1) is 0 Å². The van der Waals surface area contributed by atoms with Gasteiger partial charge in [-0.3, -0.25) is 14.5 Å². The van der Waals surface area contributed by atoms with E-state index in [-0.39, 0.29) is 16.8 Å². The van der Waals surface area contributed by atoms with Crippen molar-refractivity contribution in [3.8, 4) is 33.4 Å². The number of halogens is 1. The summed E-state index contributed by atoms with van der Waals surface area (Å²) < 4.78 is 22.8. The molecule has 0 spiro atoms. The zero-order chi connectivity index (χ0) is 36.2. The first-order valence-electron chi connectivity index (χ1n) is 18.0. The highest BCUT2D eigenvalue weighted by atomic mass is 19.1. The molecule has 5 aromatic rings. The number of carbonyl (C=O) groups excluding carboxylic acids is 1. The van der Waals surface area contributed by atoms with E-state index < -0.39 is 5.91 Å². The number of amides is 1. The minimum atomic E-state index is -0.478. The van der Waals surface area contributed by atoms with E-state index in [1.165, 1.54) is 0 Å². The van der Waals surface area contributed by atoms with Gasteiger partial charge in [0.15, 0.2) is 0 Å². The molecule has 2 fully saturated rings. The fourth-order valence-electron chi connectivity index (χ4n) is 6.96. The fourth-order valence-corrected chi connectivity index (χ4v) is 6.96. The minimum absolute atomic E-state index is 0.0807. The van der Waals surface area contributed by atoms with Crippen molar-refractivity contribution in [2.75, 3.05) is 57.5 Å². The number of piperazine rings is 1. The Balaban J connectivity index is 1.09. The molecule has 52 heavy (non-hydrogen) atoms. The second-order valence-electron chi connectivity index (χ2n) is 14.1. The third-order valence-corrected chi connectivity index (χ3v) is 10.2. The van der Waals surface area contributed by atoms with Crippen molar-refractivity contribution >= 4 is 17.4 Å². The van der Waals surface area contributed by atoms with Gasteiger partial charge in [0.25, 0.3) is 5.91 Å². The molecular formula is C42H45FN6O3. The number of nitrogens with one attached hydrogen (secondary N) is 1. The topological polar surface area (TPSA) is 106 Å². The maximum atomic E-state index is 15.3. The number of benzene rings is 3. The molecule has 2 aromatic heterocycles. The Labute approximate surface area is 303 Å². The summed E-state index contributed by atoms with van der Waals surface area (Å²) in [7, 11) is 2.11. The van der Waals surface area contributed by atoms with Crippen LogP contribution in [0.1, 0.15) is 34.3 Å². The highest BCUT2D eigenvalue weighted by Crippen LogP contribution is 2.31. The molecule has 2 aliphatic rings. The standard InChI is InChI=1S/C42H45FN6O3/c1-28-3-5-31(6-4-28)37-26-49(24-29-13-19-52-20-14-29)27-38(40(37)50)42(51)46-35-11-9-30(10-12-35)36-21-34(23-45-41(36)44)32-7-8-33(39(43)22-32)25-48-17-15-47(2)16-18-48/h3-12,21-23,26-27,29H,13-20,24-25H2,1-2H3,(H2,44,45)(H,46,51). The lowest BCUT2D eigenvalue weighted by Gasteiger charge is -2.32. The highest BCUT2D eigenvalue weighted by molar-refractivity contribution is 6.04. The summed E-state index contributed by atoms with van der Waals surface area (Å²) in [6.45, 7) is 8.51. The highest BCUT2D eigenvalue weighted by Gasteiger charge is 2.20. The number of nitrogens with zero attached hydrogens (tertiary/aromatic N) is 4. The number of nitrogens with two attached hydrogens (primary N) is 1. The zero-order valence-corrected chi connectivity index (χ0v) is 29.8. The normalized spacial score (nSPS) is 15.8. The lowest BCUT2D eigenvalue weighted by molar-refractivity contribution is 0.0612. The van der Waals surface area contributed by atoms with Crippen molar-refractivity contribution in [3.05, 3.63) is 124 Å². The molecule has 0 atom stereocenters. The third kappa shape index (κ3) is 8.15. The van der Waals surface area contributed by atoms with Gasteiger partial charge in [-0.15, -0.1) is 0 Å². The molecule has 9 nitrogen and oxygen atoms in total. The molecule has 0 radical (unpaired) electrons. The largest absolute Gasteiger partial charge is 0.383 e. The predicted molar refractivity (Wildman–Crippen MR) is 205 cm³/mol. The summed E-state index contributed by atoms with van der Waals surface area (Å²) in [5.41, 5.74) is 12.6. The van der Waals surface area contributed by atoms with Crippen LogP contribution in [-0.2, 0) is 17.8 Å². The Kier molecular flexibility index (Phi) is 10.6. The molecule has 0 bridgehead atoms. The van der Waals surface area contributed by atoms with Crippen molar-refractivity contribution in [3.63, 3.8) is 0 Å². The van der Waals surface area contributed by atoms with Crippen LogP contribution in [0, 0.1) is 18.7 Å². The van der Waals surface area contributed by atoms with Gasteiger partial charge in [0, 0.05) is 99.0 Å². The quantitative estimate of drug-likeness (QED) is 0.176. The molecule has 2 saturated heterocycles. The van der Waals surface area contributed by atoms with E-state index >= 15 is 4.39 Å². The molecule has 0 saturated carbocycles. The Hall–Kier alpha value is -5.16. The van der Waals surface area contributed by atoms with Crippen LogP contribution < -0.4 is 16.5 Å². The summed E-state index contributed by atoms with van der Waals surface area (Å²) in [4.78, 5) is 36.4. The molecule has 268 valence electrons. The number of rotatable bonds is 9. The first kappa shape index (κ1) is 35.3. The summed E-state index contributed by atoms with van der Waals surface area (Å²) in [5.74, 6) is 0.0191. The van der Waals surface area contributed by atoms with Gasteiger partial charge >= 0.3 is 0 Å². The average molecular weight is 701 g/mol. The summed E-state index contributed by atoms with van der Waals surface area (Å²) in [5, 5.41) is 2.92. The molecule has 4 heterocycles. The van der Waals surface area contributed by atoms with Crippen LogP contribution in [0.2, 0.25) is 0 Å². The number of aromatic nitrogens is 2. The van der Waals surface area contributed by atoms with E-state index in [9.17, 15) is 9.59 Å². The van der Waals surface area contributed by atoms with Crippen LogP contribution in [-0.4, -0.2) is 71.7 Å². The van der Waals surface area contributed by atoms with Gasteiger partial charge in [-0.05, 0) is 73.7 Å². The number of ether oxygens (including phenoxy) is 1. The Morgan fingerprint density at radius 2 is 1.56 bits per heavy atom.